The second kappa shape index (κ2) is 5.20. The molecule has 0 unspecified atom stereocenters. The molecular formula is C12H16N2O. The Hall–Kier alpha value is -1.77. The van der Waals surface area contributed by atoms with E-state index in [0.717, 1.165) is 16.8 Å². The molecule has 80 valence electrons. The fourth-order valence-corrected chi connectivity index (χ4v) is 1.39. The zero-order valence-corrected chi connectivity index (χ0v) is 9.13. The van der Waals surface area contributed by atoms with Crippen molar-refractivity contribution >= 4 is 11.7 Å². The van der Waals surface area contributed by atoms with Crippen LogP contribution in [0.5, 0.6) is 0 Å². The van der Waals surface area contributed by atoms with Crippen LogP contribution in [0.3, 0.4) is 0 Å². The second-order valence-electron chi connectivity index (χ2n) is 3.50. The van der Waals surface area contributed by atoms with Crippen molar-refractivity contribution in [2.24, 2.45) is 0 Å². The normalized spacial score (nSPS) is 9.47. The number of nitrogens with one attached hydrogen (secondary N) is 2. The lowest BCUT2D eigenvalue weighted by atomic mass is 10.1. The molecule has 0 aliphatic rings. The monoisotopic (exact) mass is 204 g/mol. The summed E-state index contributed by atoms with van der Waals surface area (Å²) in [6.07, 6.45) is 1.64. The molecule has 1 aromatic carbocycles. The molecule has 0 saturated heterocycles. The molecule has 0 aliphatic carbocycles. The third kappa shape index (κ3) is 3.85. The number of hydrogen-bond acceptors (Lipinski definition) is 1. The van der Waals surface area contributed by atoms with Gasteiger partial charge in [0.2, 0.25) is 0 Å². The number of benzene rings is 1. The molecule has 0 aliphatic heterocycles. The molecule has 2 N–H and O–H groups in total. The molecule has 3 heteroatoms. The number of amides is 2. The van der Waals surface area contributed by atoms with Gasteiger partial charge in [0, 0.05) is 12.2 Å². The van der Waals surface area contributed by atoms with Gasteiger partial charge in [-0.2, -0.15) is 0 Å². The lowest BCUT2D eigenvalue weighted by molar-refractivity contribution is 0.253. The largest absolute Gasteiger partial charge is 0.334 e. The van der Waals surface area contributed by atoms with Gasteiger partial charge in [0.05, 0.1) is 0 Å². The van der Waals surface area contributed by atoms with Crippen LogP contribution in [0.1, 0.15) is 11.1 Å². The van der Waals surface area contributed by atoms with Crippen molar-refractivity contribution < 1.29 is 4.79 Å². The maximum absolute atomic E-state index is 11.3. The van der Waals surface area contributed by atoms with E-state index in [1.165, 1.54) is 0 Å². The molecule has 0 fully saturated rings. The van der Waals surface area contributed by atoms with E-state index in [0.29, 0.717) is 6.54 Å². The van der Waals surface area contributed by atoms with Crippen LogP contribution in [0, 0.1) is 13.8 Å². The molecule has 15 heavy (non-hydrogen) atoms. The van der Waals surface area contributed by atoms with Crippen LogP contribution in [0.25, 0.3) is 0 Å². The summed E-state index contributed by atoms with van der Waals surface area (Å²) in [7, 11) is 0. The SMILES string of the molecule is C=CCNC(=O)Nc1cc(C)cc(C)c1. The minimum Gasteiger partial charge on any atom is -0.334 e. The minimum absolute atomic E-state index is 0.208. The van der Waals surface area contributed by atoms with E-state index in [1.807, 2.05) is 26.0 Å². The quantitative estimate of drug-likeness (QED) is 0.730. The summed E-state index contributed by atoms with van der Waals surface area (Å²) < 4.78 is 0. The van der Waals surface area contributed by atoms with Gasteiger partial charge in [-0.15, -0.1) is 6.58 Å². The fraction of sp³-hybridized carbons (Fsp3) is 0.250. The van der Waals surface area contributed by atoms with Crippen LogP contribution < -0.4 is 10.6 Å². The molecule has 0 spiro atoms. The number of aryl methyl sites for hydroxylation is 2. The lowest BCUT2D eigenvalue weighted by Gasteiger charge is -2.07. The molecule has 1 rings (SSSR count). The highest BCUT2D eigenvalue weighted by Gasteiger charge is 2.00. The Kier molecular flexibility index (Phi) is 3.92. The zero-order chi connectivity index (χ0) is 11.3. The van der Waals surface area contributed by atoms with E-state index >= 15 is 0 Å². The molecule has 3 nitrogen and oxygen atoms in total. The molecule has 0 heterocycles. The smallest absolute Gasteiger partial charge is 0.319 e. The van der Waals surface area contributed by atoms with Gasteiger partial charge in [0.1, 0.15) is 0 Å². The highest BCUT2D eigenvalue weighted by Crippen LogP contribution is 2.13. The summed E-state index contributed by atoms with van der Waals surface area (Å²) in [5.74, 6) is 0. The highest BCUT2D eigenvalue weighted by molar-refractivity contribution is 5.89. The maximum atomic E-state index is 11.3. The standard InChI is InChI=1S/C12H16N2O/c1-4-5-13-12(15)14-11-7-9(2)6-10(3)8-11/h4,6-8H,1,5H2,2-3H3,(H2,13,14,15). The number of carbonyl (C=O) groups excluding carboxylic acids is 1. The fourth-order valence-electron chi connectivity index (χ4n) is 1.39. The van der Waals surface area contributed by atoms with E-state index in [4.69, 9.17) is 0 Å². The molecular weight excluding hydrogens is 188 g/mol. The van der Waals surface area contributed by atoms with Crippen LogP contribution >= 0.6 is 0 Å². The van der Waals surface area contributed by atoms with Crippen molar-refractivity contribution in [3.8, 4) is 0 Å². The van der Waals surface area contributed by atoms with E-state index < -0.39 is 0 Å². The summed E-state index contributed by atoms with van der Waals surface area (Å²) in [5.41, 5.74) is 3.08. The molecule has 0 aromatic heterocycles. The molecule has 1 aromatic rings. The second-order valence-corrected chi connectivity index (χ2v) is 3.50. The van der Waals surface area contributed by atoms with E-state index in [2.05, 4.69) is 23.3 Å². The number of urea groups is 1. The average molecular weight is 204 g/mol. The van der Waals surface area contributed by atoms with Gasteiger partial charge in [-0.25, -0.2) is 4.79 Å². The maximum Gasteiger partial charge on any atom is 0.319 e. The van der Waals surface area contributed by atoms with Crippen LogP contribution in [-0.4, -0.2) is 12.6 Å². The Morgan fingerprint density at radius 3 is 2.47 bits per heavy atom. The summed E-state index contributed by atoms with van der Waals surface area (Å²) >= 11 is 0. The summed E-state index contributed by atoms with van der Waals surface area (Å²) in [5, 5.41) is 5.41. The van der Waals surface area contributed by atoms with Gasteiger partial charge in [-0.05, 0) is 37.1 Å². The minimum atomic E-state index is -0.208. The third-order valence-electron chi connectivity index (χ3n) is 1.89. The Balaban J connectivity index is 2.63. The summed E-state index contributed by atoms with van der Waals surface area (Å²) in [6, 6.07) is 5.72. The zero-order valence-electron chi connectivity index (χ0n) is 9.13. The predicted molar refractivity (Wildman–Crippen MR) is 63.1 cm³/mol. The van der Waals surface area contributed by atoms with Crippen LogP contribution in [-0.2, 0) is 0 Å². The first-order valence-corrected chi connectivity index (χ1v) is 4.86. The van der Waals surface area contributed by atoms with Crippen molar-refractivity contribution in [2.45, 2.75) is 13.8 Å². The van der Waals surface area contributed by atoms with Gasteiger partial charge in [-0.1, -0.05) is 12.1 Å². The van der Waals surface area contributed by atoms with Gasteiger partial charge >= 0.3 is 6.03 Å². The van der Waals surface area contributed by atoms with Crippen molar-refractivity contribution in [3.63, 3.8) is 0 Å². The first-order valence-electron chi connectivity index (χ1n) is 4.86. The number of hydrogen-bond donors (Lipinski definition) is 2. The number of carbonyl (C=O) groups is 1. The van der Waals surface area contributed by atoms with Crippen LogP contribution in [0.15, 0.2) is 30.9 Å². The third-order valence-corrected chi connectivity index (χ3v) is 1.89. The Bertz CT molecular complexity index is 352. The average Bonchev–Trinajstić information content (AvgIpc) is 2.13. The summed E-state index contributed by atoms with van der Waals surface area (Å²) in [4.78, 5) is 11.3. The Morgan fingerprint density at radius 1 is 1.33 bits per heavy atom. The van der Waals surface area contributed by atoms with Crippen LogP contribution in [0.4, 0.5) is 10.5 Å². The summed E-state index contributed by atoms with van der Waals surface area (Å²) in [6.45, 7) is 7.99. The van der Waals surface area contributed by atoms with Crippen LogP contribution in [0.2, 0.25) is 0 Å². The van der Waals surface area contributed by atoms with Gasteiger partial charge in [0.25, 0.3) is 0 Å². The Labute approximate surface area is 90.2 Å². The molecule has 0 radical (unpaired) electrons. The first kappa shape index (κ1) is 11.3. The molecule has 0 atom stereocenters. The van der Waals surface area contributed by atoms with E-state index in [-0.39, 0.29) is 6.03 Å². The van der Waals surface area contributed by atoms with E-state index in [1.54, 1.807) is 6.08 Å². The number of rotatable bonds is 3. The van der Waals surface area contributed by atoms with Crippen molar-refractivity contribution in [2.75, 3.05) is 11.9 Å². The highest BCUT2D eigenvalue weighted by atomic mass is 16.2. The Morgan fingerprint density at radius 2 is 1.93 bits per heavy atom. The molecule has 2 amide bonds. The molecule has 0 saturated carbocycles. The first-order chi connectivity index (χ1) is 7.11. The van der Waals surface area contributed by atoms with E-state index in [9.17, 15) is 4.79 Å². The van der Waals surface area contributed by atoms with Gasteiger partial charge < -0.3 is 10.6 Å². The lowest BCUT2D eigenvalue weighted by Crippen LogP contribution is -2.28. The predicted octanol–water partition coefficient (Wildman–Crippen LogP) is 2.61. The van der Waals surface area contributed by atoms with Crippen molar-refractivity contribution in [1.82, 2.24) is 5.32 Å². The topological polar surface area (TPSA) is 41.1 Å². The van der Waals surface area contributed by atoms with Crippen molar-refractivity contribution in [3.05, 3.63) is 42.0 Å². The van der Waals surface area contributed by atoms with Gasteiger partial charge in [-0.3, -0.25) is 0 Å². The van der Waals surface area contributed by atoms with Gasteiger partial charge in [0.15, 0.2) is 0 Å². The van der Waals surface area contributed by atoms with Crippen molar-refractivity contribution in [1.29, 1.82) is 0 Å². The molecule has 0 bridgehead atoms. The number of anilines is 1.